The van der Waals surface area contributed by atoms with E-state index in [2.05, 4.69) is 59.8 Å². The maximum Gasteiger partial charge on any atom is 0.243 e. The Balaban J connectivity index is 3.37. The molecule has 3 unspecified atom stereocenters. The second kappa shape index (κ2) is 42.0. The monoisotopic (exact) mass is 1070 g/mol. The molecule has 1 rings (SSSR count). The van der Waals surface area contributed by atoms with Crippen molar-refractivity contribution < 1.29 is 43.5 Å². The zero-order valence-electron chi connectivity index (χ0n) is 44.9. The third-order valence-electron chi connectivity index (χ3n) is 12.7. The van der Waals surface area contributed by atoms with Crippen molar-refractivity contribution >= 4 is 70.5 Å². The highest BCUT2D eigenvalue weighted by Gasteiger charge is 2.33. The molecule has 0 aromatic carbocycles. The summed E-state index contributed by atoms with van der Waals surface area (Å²) < 4.78 is 0. The van der Waals surface area contributed by atoms with Crippen molar-refractivity contribution in [3.8, 4) is 0 Å². The molecule has 1 aliphatic rings. The second-order valence-electron chi connectivity index (χ2n) is 19.5. The predicted octanol–water partition coefficient (Wildman–Crippen LogP) is 1.83. The Labute approximate surface area is 445 Å². The van der Waals surface area contributed by atoms with Gasteiger partial charge in [0, 0.05) is 52.5 Å². The van der Waals surface area contributed by atoms with Crippen molar-refractivity contribution in [3.63, 3.8) is 0 Å². The fraction of sp³-hybridized carbons (Fsp3) is 0.804. The number of carbonyl (C=O) groups excluding carboxylic acids is 8. The Morgan fingerprint density at radius 1 is 0.662 bits per heavy atom. The van der Waals surface area contributed by atoms with Gasteiger partial charge in [-0.1, -0.05) is 77.6 Å². The minimum absolute atomic E-state index is 0.0322. The summed E-state index contributed by atoms with van der Waals surface area (Å²) >= 11 is 5.51. The number of aliphatic hydroxyl groups is 1. The van der Waals surface area contributed by atoms with Crippen LogP contribution in [0.2, 0.25) is 0 Å². The van der Waals surface area contributed by atoms with Crippen LogP contribution in [0, 0.1) is 0 Å². The van der Waals surface area contributed by atoms with E-state index in [-0.39, 0.29) is 56.4 Å². The number of unbranched alkanes of at least 4 members (excludes halogenated alkanes) is 10. The molecule has 0 bridgehead atoms. The Morgan fingerprint density at radius 3 is 1.69 bits per heavy atom. The number of thiocarbonyl (C=S) groups is 1. The molecule has 0 aromatic heterocycles. The molecule has 23 heteroatoms. The molecule has 6 atom stereocenters. The van der Waals surface area contributed by atoms with Crippen molar-refractivity contribution in [2.24, 2.45) is 22.2 Å². The minimum Gasteiger partial charge on any atom is -0.391 e. The number of amides is 8. The molecule has 0 radical (unpaired) electrons. The molecule has 22 nitrogen and oxygen atoms in total. The largest absolute Gasteiger partial charge is 0.391 e. The molecule has 1 saturated heterocycles. The first-order chi connectivity index (χ1) is 35.4. The number of aliphatic imine (C=N–C) groups is 1. The molecule has 1 fully saturated rings. The quantitative estimate of drug-likeness (QED) is 0.0269. The van der Waals surface area contributed by atoms with Crippen molar-refractivity contribution in [2.75, 3.05) is 32.7 Å². The van der Waals surface area contributed by atoms with Crippen LogP contribution in [-0.4, -0.2) is 132 Å². The van der Waals surface area contributed by atoms with Crippen molar-refractivity contribution in [1.82, 2.24) is 47.9 Å². The van der Waals surface area contributed by atoms with Gasteiger partial charge in [-0.3, -0.25) is 43.3 Å². The van der Waals surface area contributed by atoms with Crippen LogP contribution < -0.4 is 65.1 Å². The lowest BCUT2D eigenvalue weighted by Crippen LogP contribution is -2.59. The smallest absolute Gasteiger partial charge is 0.243 e. The minimum atomic E-state index is -1.47. The number of nitrogens with one attached hydrogen (secondary N) is 9. The third kappa shape index (κ3) is 34.2. The highest BCUT2D eigenvalue weighted by molar-refractivity contribution is 7.80. The van der Waals surface area contributed by atoms with E-state index < -0.39 is 71.8 Å². The molecular formula is C51H95N13O9S. The first-order valence-corrected chi connectivity index (χ1v) is 27.9. The van der Waals surface area contributed by atoms with Crippen LogP contribution in [0.1, 0.15) is 194 Å². The first kappa shape index (κ1) is 66.7. The van der Waals surface area contributed by atoms with Gasteiger partial charge in [-0.25, -0.2) is 0 Å². The highest BCUT2D eigenvalue weighted by Crippen LogP contribution is 2.13. The van der Waals surface area contributed by atoms with Gasteiger partial charge in [0.2, 0.25) is 47.3 Å². The number of aliphatic hydroxyl groups excluding tert-OH is 1. The molecule has 0 aliphatic carbocycles. The summed E-state index contributed by atoms with van der Waals surface area (Å²) in [4.78, 5) is 110. The molecule has 0 spiro atoms. The van der Waals surface area contributed by atoms with Gasteiger partial charge in [0.05, 0.1) is 6.10 Å². The number of guanidine groups is 1. The zero-order valence-corrected chi connectivity index (χ0v) is 45.7. The van der Waals surface area contributed by atoms with Crippen LogP contribution in [-0.2, 0) is 38.4 Å². The van der Waals surface area contributed by atoms with Crippen LogP contribution in [0.4, 0.5) is 0 Å². The van der Waals surface area contributed by atoms with Crippen molar-refractivity contribution in [1.29, 1.82) is 0 Å². The Hall–Kier alpha value is -5.32. The fourth-order valence-corrected chi connectivity index (χ4v) is 8.58. The van der Waals surface area contributed by atoms with Crippen molar-refractivity contribution in [2.45, 2.75) is 230 Å². The second-order valence-corrected chi connectivity index (χ2v) is 19.9. The average Bonchev–Trinajstić information content (AvgIpc) is 3.34. The molecule has 1 aliphatic heterocycles. The summed E-state index contributed by atoms with van der Waals surface area (Å²) in [6.45, 7) is 6.76. The maximum atomic E-state index is 14.4. The SMILES string of the molecule is CCCCCCCCCCCCNC(=S)NCCCCC1NC(=O)[C@H](CCCN=C(N)N)NC(=O)C(NC(C)=O)CCCCNC(=O)CCCCCCC(=O)NCCCCC(C(=O)N[C@H](C(N)=O)[C@@H](C)O)NC1=O. The summed E-state index contributed by atoms with van der Waals surface area (Å²) in [5.41, 5.74) is 16.6. The number of carbonyl (C=O) groups is 8. The van der Waals surface area contributed by atoms with E-state index in [1.54, 1.807) is 0 Å². The average molecular weight is 1070 g/mol. The summed E-state index contributed by atoms with van der Waals surface area (Å²) in [6.07, 6.45) is 17.7. The van der Waals surface area contributed by atoms with E-state index in [0.29, 0.717) is 89.0 Å². The molecular weight excluding hydrogens is 971 g/mol. The molecule has 1 heterocycles. The Morgan fingerprint density at radius 2 is 1.16 bits per heavy atom. The van der Waals surface area contributed by atoms with E-state index in [0.717, 1.165) is 32.2 Å². The zero-order chi connectivity index (χ0) is 54.9. The van der Waals surface area contributed by atoms with Gasteiger partial charge in [0.15, 0.2) is 11.1 Å². The lowest BCUT2D eigenvalue weighted by Gasteiger charge is -2.27. The summed E-state index contributed by atoms with van der Waals surface area (Å²) in [6, 6.07) is -6.23. The van der Waals surface area contributed by atoms with Crippen LogP contribution in [0.3, 0.4) is 0 Å². The van der Waals surface area contributed by atoms with Crippen LogP contribution in [0.25, 0.3) is 0 Å². The fourth-order valence-electron chi connectivity index (χ4n) is 8.38. The van der Waals surface area contributed by atoms with Gasteiger partial charge in [-0.05, 0) is 109 Å². The normalized spacial score (nSPS) is 20.5. The molecule has 0 saturated carbocycles. The van der Waals surface area contributed by atoms with Gasteiger partial charge in [-0.2, -0.15) is 0 Å². The van der Waals surface area contributed by atoms with E-state index in [1.165, 1.54) is 65.2 Å². The Kier molecular flexibility index (Phi) is 37.8. The third-order valence-corrected chi connectivity index (χ3v) is 13.0. The number of nitrogens with two attached hydrogens (primary N) is 3. The summed E-state index contributed by atoms with van der Waals surface area (Å²) in [5.74, 6) is -4.76. The van der Waals surface area contributed by atoms with E-state index in [1.807, 2.05) is 0 Å². The molecule has 16 N–H and O–H groups in total. The maximum absolute atomic E-state index is 14.4. The van der Waals surface area contributed by atoms with Gasteiger partial charge < -0.3 is 70.2 Å². The van der Waals surface area contributed by atoms with E-state index in [9.17, 15) is 43.5 Å². The van der Waals surface area contributed by atoms with Crippen molar-refractivity contribution in [3.05, 3.63) is 0 Å². The van der Waals surface area contributed by atoms with E-state index >= 15 is 0 Å². The highest BCUT2D eigenvalue weighted by atomic mass is 32.1. The Bertz CT molecular complexity index is 1720. The first-order valence-electron chi connectivity index (χ1n) is 27.5. The van der Waals surface area contributed by atoms with Gasteiger partial charge >= 0.3 is 0 Å². The number of primary amides is 1. The molecule has 0 aromatic rings. The van der Waals surface area contributed by atoms with E-state index in [4.69, 9.17) is 29.4 Å². The number of hydrogen-bond donors (Lipinski definition) is 13. The summed E-state index contributed by atoms with van der Waals surface area (Å²) in [7, 11) is 0. The molecule has 424 valence electrons. The molecule has 74 heavy (non-hydrogen) atoms. The lowest BCUT2D eigenvalue weighted by molar-refractivity contribution is -0.135. The number of nitrogens with zero attached hydrogens (tertiary/aromatic N) is 1. The van der Waals surface area contributed by atoms with Crippen LogP contribution in [0.15, 0.2) is 4.99 Å². The molecule has 8 amide bonds. The standard InChI is InChI=1S/C51H95N13O9S/c1-4-5-6-7-8-9-10-11-14-20-33-58-51(74)59-34-23-19-26-39-47(71)62-40(49(73)64-44(36(2)65)45(52)69)27-18-22-32-56-43(68)30-16-13-12-15-29-42(67)55-31-21-17-25-38(60-37(3)66)46(70)63-41(48(72)61-39)28-24-35-57-50(53)54/h36,38-41,44,65H,4-35H2,1-3H3,(H2,52,69)(H,55,67)(H,56,68)(H,60,66)(H,61,72)(H,62,71)(H,63,70)(H,64,73)(H4,53,54,57)(H2,58,59,74)/t36-,38?,39?,40?,41+,44+/m1/s1. The van der Waals surface area contributed by atoms with Crippen LogP contribution >= 0.6 is 12.2 Å². The number of hydrogen-bond acceptors (Lipinski definition) is 11. The topological polar surface area (TPSA) is 355 Å². The van der Waals surface area contributed by atoms with Gasteiger partial charge in [0.1, 0.15) is 30.2 Å². The van der Waals surface area contributed by atoms with Gasteiger partial charge in [0.25, 0.3) is 0 Å². The predicted molar refractivity (Wildman–Crippen MR) is 292 cm³/mol. The van der Waals surface area contributed by atoms with Crippen LogP contribution in [0.5, 0.6) is 0 Å². The number of rotatable bonds is 25. The lowest BCUT2D eigenvalue weighted by atomic mass is 10.0. The summed E-state index contributed by atoms with van der Waals surface area (Å²) in [5, 5.41) is 36.4. The van der Waals surface area contributed by atoms with Gasteiger partial charge in [-0.15, -0.1) is 0 Å².